The van der Waals surface area contributed by atoms with Crippen LogP contribution in [0.3, 0.4) is 0 Å². The quantitative estimate of drug-likeness (QED) is 0.422. The largest absolute Gasteiger partial charge is 0.370 e. The number of anilines is 1. The van der Waals surface area contributed by atoms with E-state index in [4.69, 9.17) is 11.6 Å². The topological polar surface area (TPSA) is 110 Å². The van der Waals surface area contributed by atoms with E-state index in [2.05, 4.69) is 10.7 Å². The molecule has 1 rings (SSSR count). The highest BCUT2D eigenvalue weighted by molar-refractivity contribution is 5.99. The van der Waals surface area contributed by atoms with Gasteiger partial charge in [0.05, 0.1) is 11.3 Å². The van der Waals surface area contributed by atoms with Crippen LogP contribution in [-0.2, 0) is 4.79 Å². The van der Waals surface area contributed by atoms with Crippen LogP contribution in [0.4, 0.5) is 5.69 Å². The summed E-state index contributed by atoms with van der Waals surface area (Å²) >= 11 is 0. The lowest BCUT2D eigenvalue weighted by Crippen LogP contribution is -2.28. The summed E-state index contributed by atoms with van der Waals surface area (Å²) in [6.07, 6.45) is 0.114. The number of amides is 2. The van der Waals surface area contributed by atoms with Crippen molar-refractivity contribution in [1.29, 1.82) is 0 Å². The Morgan fingerprint density at radius 2 is 2.06 bits per heavy atom. The molecule has 0 fully saturated rings. The van der Waals surface area contributed by atoms with Gasteiger partial charge in [-0.15, -0.1) is 0 Å². The molecule has 92 valence electrons. The Hall–Kier alpha value is -2.08. The Bertz CT molecular complexity index is 431. The maximum Gasteiger partial charge on any atom is 0.253 e. The molecule has 6 N–H and O–H groups in total. The fraction of sp³-hybridized carbons (Fsp3) is 0.273. The summed E-state index contributed by atoms with van der Waals surface area (Å²) in [6, 6.07) is 5.25. The highest BCUT2D eigenvalue weighted by atomic mass is 16.2. The molecule has 0 heterocycles. The smallest absolute Gasteiger partial charge is 0.253 e. The highest BCUT2D eigenvalue weighted by Crippen LogP contribution is 2.16. The van der Waals surface area contributed by atoms with Crippen LogP contribution in [0.2, 0.25) is 0 Å². The Balaban J connectivity index is 2.71. The van der Waals surface area contributed by atoms with E-state index >= 15 is 0 Å². The molecule has 6 heteroatoms. The number of nitrogen functional groups attached to an aromatic ring is 1. The molecule has 0 unspecified atom stereocenters. The van der Waals surface area contributed by atoms with Crippen molar-refractivity contribution in [2.75, 3.05) is 12.0 Å². The van der Waals surface area contributed by atoms with Gasteiger partial charge in [0.25, 0.3) is 5.91 Å². The van der Waals surface area contributed by atoms with E-state index in [1.54, 1.807) is 12.1 Å². The molecule has 0 saturated heterocycles. The summed E-state index contributed by atoms with van der Waals surface area (Å²) in [5.41, 5.74) is 9.40. The van der Waals surface area contributed by atoms with Crippen LogP contribution < -0.4 is 22.3 Å². The molecular formula is C11H16N4O2. The number of rotatable bonds is 5. The van der Waals surface area contributed by atoms with Gasteiger partial charge in [0.15, 0.2) is 0 Å². The highest BCUT2D eigenvalue weighted by Gasteiger charge is 2.10. The van der Waals surface area contributed by atoms with Gasteiger partial charge in [-0.3, -0.25) is 15.4 Å². The molecule has 0 atom stereocenters. The SMILES string of the molecule is Cc1ccc(C(=O)NCCC(N)=O)c(NN)c1. The number of nitrogens with two attached hydrogens (primary N) is 2. The number of carbonyl (C=O) groups is 2. The van der Waals surface area contributed by atoms with Crippen LogP contribution >= 0.6 is 0 Å². The van der Waals surface area contributed by atoms with Crippen LogP contribution in [-0.4, -0.2) is 18.4 Å². The fourth-order valence-electron chi connectivity index (χ4n) is 1.37. The third-order valence-corrected chi connectivity index (χ3v) is 2.23. The van der Waals surface area contributed by atoms with Crippen LogP contribution in [0.1, 0.15) is 22.3 Å². The number of primary amides is 1. The summed E-state index contributed by atoms with van der Waals surface area (Å²) in [7, 11) is 0. The second-order valence-electron chi connectivity index (χ2n) is 3.67. The first-order valence-electron chi connectivity index (χ1n) is 5.18. The van der Waals surface area contributed by atoms with Gasteiger partial charge in [0.2, 0.25) is 5.91 Å². The first-order chi connectivity index (χ1) is 8.04. The Labute approximate surface area is 99.3 Å². The zero-order valence-corrected chi connectivity index (χ0v) is 9.62. The summed E-state index contributed by atoms with van der Waals surface area (Å²) in [6.45, 7) is 2.11. The minimum absolute atomic E-state index is 0.114. The molecule has 0 aliphatic heterocycles. The molecule has 0 bridgehead atoms. The van der Waals surface area contributed by atoms with Crippen molar-refractivity contribution >= 4 is 17.5 Å². The predicted octanol–water partition coefficient (Wildman–Crippen LogP) is -0.114. The average molecular weight is 236 g/mol. The number of hydrogen-bond acceptors (Lipinski definition) is 4. The minimum Gasteiger partial charge on any atom is -0.370 e. The van der Waals surface area contributed by atoms with Crippen molar-refractivity contribution in [1.82, 2.24) is 5.32 Å². The van der Waals surface area contributed by atoms with E-state index in [0.29, 0.717) is 11.3 Å². The first kappa shape index (κ1) is 13.0. The molecule has 6 nitrogen and oxygen atoms in total. The fourth-order valence-corrected chi connectivity index (χ4v) is 1.37. The third kappa shape index (κ3) is 3.76. The molecule has 0 spiro atoms. The molecule has 0 saturated carbocycles. The summed E-state index contributed by atoms with van der Waals surface area (Å²) in [4.78, 5) is 22.3. The van der Waals surface area contributed by atoms with Gasteiger partial charge in [-0.1, -0.05) is 6.07 Å². The van der Waals surface area contributed by atoms with Crippen molar-refractivity contribution in [3.8, 4) is 0 Å². The molecule has 2 amide bonds. The average Bonchev–Trinajstić information content (AvgIpc) is 2.28. The number of nitrogens with one attached hydrogen (secondary N) is 2. The van der Waals surface area contributed by atoms with Crippen molar-refractivity contribution in [3.63, 3.8) is 0 Å². The van der Waals surface area contributed by atoms with E-state index in [-0.39, 0.29) is 18.9 Å². The normalized spacial score (nSPS) is 9.76. The number of benzene rings is 1. The molecule has 17 heavy (non-hydrogen) atoms. The van der Waals surface area contributed by atoms with Crippen molar-refractivity contribution in [2.45, 2.75) is 13.3 Å². The molecule has 0 aliphatic rings. The van der Waals surface area contributed by atoms with Gasteiger partial charge in [-0.05, 0) is 24.6 Å². The maximum atomic E-state index is 11.8. The molecule has 0 aliphatic carbocycles. The van der Waals surface area contributed by atoms with Gasteiger partial charge in [-0.2, -0.15) is 0 Å². The predicted molar refractivity (Wildman–Crippen MR) is 65.1 cm³/mol. The number of aryl methyl sites for hydroxylation is 1. The Morgan fingerprint density at radius 3 is 2.65 bits per heavy atom. The Kier molecular flexibility index (Phi) is 4.47. The lowest BCUT2D eigenvalue weighted by molar-refractivity contribution is -0.117. The Morgan fingerprint density at radius 1 is 1.35 bits per heavy atom. The molecule has 1 aromatic carbocycles. The second kappa shape index (κ2) is 5.86. The van der Waals surface area contributed by atoms with Gasteiger partial charge in [0, 0.05) is 13.0 Å². The lowest BCUT2D eigenvalue weighted by Gasteiger charge is -2.09. The molecular weight excluding hydrogens is 220 g/mol. The van der Waals surface area contributed by atoms with Crippen LogP contribution in [0.15, 0.2) is 18.2 Å². The monoisotopic (exact) mass is 236 g/mol. The number of carbonyl (C=O) groups excluding carboxylic acids is 2. The van der Waals surface area contributed by atoms with E-state index in [0.717, 1.165) is 5.56 Å². The lowest BCUT2D eigenvalue weighted by atomic mass is 10.1. The molecule has 0 aromatic heterocycles. The van der Waals surface area contributed by atoms with Gasteiger partial charge in [0.1, 0.15) is 0 Å². The van der Waals surface area contributed by atoms with Gasteiger partial charge < -0.3 is 16.5 Å². The van der Waals surface area contributed by atoms with Crippen molar-refractivity contribution in [3.05, 3.63) is 29.3 Å². The van der Waals surface area contributed by atoms with E-state index in [1.807, 2.05) is 13.0 Å². The van der Waals surface area contributed by atoms with Crippen molar-refractivity contribution in [2.24, 2.45) is 11.6 Å². The van der Waals surface area contributed by atoms with Gasteiger partial charge in [-0.25, -0.2) is 0 Å². The summed E-state index contributed by atoms with van der Waals surface area (Å²) in [5, 5.41) is 2.59. The van der Waals surface area contributed by atoms with Gasteiger partial charge >= 0.3 is 0 Å². The zero-order chi connectivity index (χ0) is 12.8. The third-order valence-electron chi connectivity index (χ3n) is 2.23. The standard InChI is InChI=1S/C11H16N4O2/c1-7-2-3-8(9(6-7)15-13)11(17)14-5-4-10(12)16/h2-3,6,15H,4-5,13H2,1H3,(H2,12,16)(H,14,17). The zero-order valence-electron chi connectivity index (χ0n) is 9.62. The first-order valence-corrected chi connectivity index (χ1v) is 5.18. The van der Waals surface area contributed by atoms with Crippen LogP contribution in [0, 0.1) is 6.92 Å². The maximum absolute atomic E-state index is 11.8. The summed E-state index contributed by atoms with van der Waals surface area (Å²) in [5.74, 6) is 4.59. The minimum atomic E-state index is -0.452. The molecule has 1 aromatic rings. The number of hydrogen-bond donors (Lipinski definition) is 4. The van der Waals surface area contributed by atoms with Crippen LogP contribution in [0.25, 0.3) is 0 Å². The van der Waals surface area contributed by atoms with E-state index in [1.165, 1.54) is 0 Å². The summed E-state index contributed by atoms with van der Waals surface area (Å²) < 4.78 is 0. The molecule has 0 radical (unpaired) electrons. The second-order valence-corrected chi connectivity index (χ2v) is 3.67. The van der Waals surface area contributed by atoms with E-state index in [9.17, 15) is 9.59 Å². The van der Waals surface area contributed by atoms with Crippen molar-refractivity contribution < 1.29 is 9.59 Å². The van der Waals surface area contributed by atoms with E-state index < -0.39 is 5.91 Å². The number of hydrazine groups is 1. The van der Waals surface area contributed by atoms with Crippen LogP contribution in [0.5, 0.6) is 0 Å².